The van der Waals surface area contributed by atoms with Gasteiger partial charge < -0.3 is 9.84 Å². The number of ether oxygens (including phenoxy) is 1. The van der Waals surface area contributed by atoms with Crippen LogP contribution in [0.2, 0.25) is 0 Å². The van der Waals surface area contributed by atoms with Crippen LogP contribution in [0.1, 0.15) is 5.69 Å². The minimum Gasteiger partial charge on any atom is -0.481 e. The SMILES string of the molecule is O=C(O)Cc1ncc(OC(F)(F)F)c(I)c1[N+](=O)[O-]. The van der Waals surface area contributed by atoms with E-state index in [1.165, 1.54) is 22.6 Å². The molecule has 7 nitrogen and oxygen atoms in total. The first-order valence-electron chi connectivity index (χ1n) is 4.41. The molecule has 1 aromatic heterocycles. The van der Waals surface area contributed by atoms with Gasteiger partial charge in [0, 0.05) is 0 Å². The number of nitro groups is 1. The second-order valence-electron chi connectivity index (χ2n) is 3.11. The van der Waals surface area contributed by atoms with Gasteiger partial charge in [-0.25, -0.2) is 4.98 Å². The van der Waals surface area contributed by atoms with Gasteiger partial charge in [0.15, 0.2) is 5.75 Å². The first-order valence-corrected chi connectivity index (χ1v) is 5.49. The van der Waals surface area contributed by atoms with E-state index in [1.807, 2.05) is 0 Å². The predicted molar refractivity (Wildman–Crippen MR) is 61.6 cm³/mol. The minimum absolute atomic E-state index is 0.448. The van der Waals surface area contributed by atoms with Gasteiger partial charge in [0.25, 0.3) is 0 Å². The number of carbonyl (C=O) groups is 1. The van der Waals surface area contributed by atoms with E-state index in [2.05, 4.69) is 9.72 Å². The van der Waals surface area contributed by atoms with Crippen molar-refractivity contribution in [2.45, 2.75) is 12.8 Å². The zero-order chi connectivity index (χ0) is 14.8. The number of carboxylic acids is 1. The molecule has 104 valence electrons. The summed E-state index contributed by atoms with van der Waals surface area (Å²) in [4.78, 5) is 23.6. The normalized spacial score (nSPS) is 11.2. The zero-order valence-electron chi connectivity index (χ0n) is 8.77. The van der Waals surface area contributed by atoms with Crippen molar-refractivity contribution in [2.24, 2.45) is 0 Å². The Kier molecular flexibility index (Phi) is 4.49. The molecule has 0 aromatic carbocycles. The molecule has 0 amide bonds. The van der Waals surface area contributed by atoms with Crippen LogP contribution < -0.4 is 4.74 Å². The number of alkyl halides is 3. The van der Waals surface area contributed by atoms with Gasteiger partial charge >= 0.3 is 18.0 Å². The molecule has 19 heavy (non-hydrogen) atoms. The molecule has 0 fully saturated rings. The lowest BCUT2D eigenvalue weighted by Gasteiger charge is -2.11. The third-order valence-electron chi connectivity index (χ3n) is 1.76. The van der Waals surface area contributed by atoms with Crippen molar-refractivity contribution < 1.29 is 32.7 Å². The Bertz CT molecular complexity index is 534. The molecule has 1 rings (SSSR count). The first kappa shape index (κ1) is 15.4. The number of hydrogen-bond acceptors (Lipinski definition) is 5. The topological polar surface area (TPSA) is 103 Å². The third-order valence-corrected chi connectivity index (χ3v) is 2.80. The molecule has 1 heterocycles. The fourth-order valence-electron chi connectivity index (χ4n) is 1.15. The molecule has 0 aliphatic rings. The zero-order valence-corrected chi connectivity index (χ0v) is 10.9. The Morgan fingerprint density at radius 1 is 1.58 bits per heavy atom. The second-order valence-corrected chi connectivity index (χ2v) is 4.19. The van der Waals surface area contributed by atoms with Gasteiger partial charge in [0.2, 0.25) is 0 Å². The number of rotatable bonds is 4. The van der Waals surface area contributed by atoms with Crippen LogP contribution >= 0.6 is 22.6 Å². The molecule has 1 aromatic rings. The van der Waals surface area contributed by atoms with Crippen LogP contribution in [0.4, 0.5) is 18.9 Å². The molecule has 0 radical (unpaired) electrons. The molecule has 0 aliphatic heterocycles. The first-order chi connectivity index (χ1) is 8.61. The van der Waals surface area contributed by atoms with Crippen molar-refractivity contribution in [1.82, 2.24) is 4.98 Å². The Morgan fingerprint density at radius 3 is 2.58 bits per heavy atom. The molecule has 11 heteroatoms. The second kappa shape index (κ2) is 5.54. The van der Waals surface area contributed by atoms with Gasteiger partial charge in [-0.05, 0) is 22.6 Å². The lowest BCUT2D eigenvalue weighted by molar-refractivity contribution is -0.387. The maximum atomic E-state index is 12.0. The molecule has 0 bridgehead atoms. The molecule has 0 spiro atoms. The molecular formula is C8H4F3IN2O5. The van der Waals surface area contributed by atoms with Crippen LogP contribution in [0.5, 0.6) is 5.75 Å². The Labute approximate surface area is 116 Å². The largest absolute Gasteiger partial charge is 0.573 e. The molecular weight excluding hydrogens is 388 g/mol. The van der Waals surface area contributed by atoms with Crippen LogP contribution in [-0.4, -0.2) is 27.3 Å². The number of carboxylic acid groups (broad SMARTS) is 1. The fraction of sp³-hybridized carbons (Fsp3) is 0.250. The minimum atomic E-state index is -5.02. The number of halogens is 4. The smallest absolute Gasteiger partial charge is 0.481 e. The van der Waals surface area contributed by atoms with E-state index in [0.717, 1.165) is 0 Å². The monoisotopic (exact) mass is 392 g/mol. The van der Waals surface area contributed by atoms with Gasteiger partial charge in [-0.15, -0.1) is 13.2 Å². The standard InChI is InChI=1S/C8H4F3IN2O5/c9-8(10,11)19-4-2-13-3(1-5(15)16)7(6(4)12)14(17)18/h2H,1H2,(H,15,16). The molecule has 0 unspecified atom stereocenters. The molecule has 0 atom stereocenters. The summed E-state index contributed by atoms with van der Waals surface area (Å²) >= 11 is 1.27. The number of hydrogen-bond donors (Lipinski definition) is 1. The summed E-state index contributed by atoms with van der Waals surface area (Å²) in [7, 11) is 0. The van der Waals surface area contributed by atoms with Gasteiger partial charge in [0.1, 0.15) is 9.26 Å². The highest BCUT2D eigenvalue weighted by molar-refractivity contribution is 14.1. The van der Waals surface area contributed by atoms with Gasteiger partial charge in [0.05, 0.1) is 17.5 Å². The Balaban J connectivity index is 3.31. The van der Waals surface area contributed by atoms with E-state index in [-0.39, 0.29) is 0 Å². The van der Waals surface area contributed by atoms with E-state index < -0.39 is 44.4 Å². The van der Waals surface area contributed by atoms with Gasteiger partial charge in [-0.1, -0.05) is 0 Å². The van der Waals surface area contributed by atoms with Crippen molar-refractivity contribution in [3.63, 3.8) is 0 Å². The quantitative estimate of drug-likeness (QED) is 0.479. The highest BCUT2D eigenvalue weighted by Crippen LogP contribution is 2.34. The maximum absolute atomic E-state index is 12.0. The summed E-state index contributed by atoms with van der Waals surface area (Å²) in [6, 6.07) is 0. The summed E-state index contributed by atoms with van der Waals surface area (Å²) in [5, 5.41) is 19.3. The Morgan fingerprint density at radius 2 is 2.16 bits per heavy atom. The van der Waals surface area contributed by atoms with E-state index >= 15 is 0 Å². The van der Waals surface area contributed by atoms with E-state index in [4.69, 9.17) is 5.11 Å². The summed E-state index contributed by atoms with van der Waals surface area (Å²) in [6.45, 7) is 0. The van der Waals surface area contributed by atoms with Gasteiger partial charge in [-0.2, -0.15) is 0 Å². The molecule has 0 saturated heterocycles. The number of aromatic nitrogens is 1. The highest BCUT2D eigenvalue weighted by Gasteiger charge is 2.35. The van der Waals surface area contributed by atoms with Crippen LogP contribution in [0.25, 0.3) is 0 Å². The highest BCUT2D eigenvalue weighted by atomic mass is 127. The van der Waals surface area contributed by atoms with Crippen LogP contribution in [0.3, 0.4) is 0 Å². The average molecular weight is 392 g/mol. The maximum Gasteiger partial charge on any atom is 0.573 e. The number of pyridine rings is 1. The number of nitrogens with zero attached hydrogens (tertiary/aromatic N) is 2. The van der Waals surface area contributed by atoms with Crippen LogP contribution in [0.15, 0.2) is 6.20 Å². The summed E-state index contributed by atoms with van der Waals surface area (Å²) in [5.74, 6) is -2.25. The fourth-order valence-corrected chi connectivity index (χ4v) is 1.91. The van der Waals surface area contributed by atoms with Crippen LogP contribution in [0, 0.1) is 13.7 Å². The van der Waals surface area contributed by atoms with Crippen molar-refractivity contribution in [2.75, 3.05) is 0 Å². The van der Waals surface area contributed by atoms with Crippen LogP contribution in [-0.2, 0) is 11.2 Å². The van der Waals surface area contributed by atoms with Crippen molar-refractivity contribution in [3.05, 3.63) is 25.6 Å². The summed E-state index contributed by atoms with van der Waals surface area (Å²) in [5.41, 5.74) is -1.26. The lowest BCUT2D eigenvalue weighted by atomic mass is 10.2. The van der Waals surface area contributed by atoms with E-state index in [0.29, 0.717) is 6.20 Å². The number of aliphatic carboxylic acids is 1. The van der Waals surface area contributed by atoms with E-state index in [1.54, 1.807) is 0 Å². The van der Waals surface area contributed by atoms with Crippen molar-refractivity contribution in [3.8, 4) is 5.75 Å². The predicted octanol–water partition coefficient (Wildman–Crippen LogP) is 2.12. The van der Waals surface area contributed by atoms with Gasteiger partial charge in [-0.3, -0.25) is 14.9 Å². The summed E-state index contributed by atoms with van der Waals surface area (Å²) < 4.78 is 39.2. The third kappa shape index (κ3) is 4.18. The molecule has 0 saturated carbocycles. The Hall–Kier alpha value is -1.66. The molecule has 0 aliphatic carbocycles. The van der Waals surface area contributed by atoms with E-state index in [9.17, 15) is 28.1 Å². The summed E-state index contributed by atoms with van der Waals surface area (Å²) in [6.07, 6.45) is -5.21. The lowest BCUT2D eigenvalue weighted by Crippen LogP contribution is -2.19. The van der Waals surface area contributed by atoms with Crippen molar-refractivity contribution >= 4 is 34.2 Å². The average Bonchev–Trinajstić information content (AvgIpc) is 2.19. The van der Waals surface area contributed by atoms with Crippen molar-refractivity contribution in [1.29, 1.82) is 0 Å². The molecule has 1 N–H and O–H groups in total.